The van der Waals surface area contributed by atoms with Gasteiger partial charge in [-0.05, 0) is 29.3 Å². The normalized spacial score (nSPS) is 10.8. The second-order valence-electron chi connectivity index (χ2n) is 6.29. The quantitative estimate of drug-likeness (QED) is 0.558. The van der Waals surface area contributed by atoms with E-state index in [0.29, 0.717) is 28.8 Å². The summed E-state index contributed by atoms with van der Waals surface area (Å²) < 4.78 is 0. The molecule has 1 amide bonds. The number of anilines is 1. The summed E-state index contributed by atoms with van der Waals surface area (Å²) in [5.41, 5.74) is 2.83. The molecule has 0 saturated carbocycles. The standard InChI is InChI=1S/C22H20Cl2N2O/c23-19-11-12-20(24)21(13-19)25-22(27)16-26(14-17-7-3-1-4-8-17)15-18-9-5-2-6-10-18/h1-13H,14-16H2,(H,25,27). The zero-order valence-electron chi connectivity index (χ0n) is 14.7. The second-order valence-corrected chi connectivity index (χ2v) is 7.13. The molecule has 0 aliphatic carbocycles. The summed E-state index contributed by atoms with van der Waals surface area (Å²) in [5, 5.41) is 3.85. The fraction of sp³-hybridized carbons (Fsp3) is 0.136. The number of rotatable bonds is 7. The molecule has 0 aliphatic rings. The van der Waals surface area contributed by atoms with Crippen molar-refractivity contribution in [2.45, 2.75) is 13.1 Å². The predicted octanol–water partition coefficient (Wildman–Crippen LogP) is 5.63. The second kappa shape index (κ2) is 9.56. The van der Waals surface area contributed by atoms with Crippen LogP contribution in [0, 0.1) is 0 Å². The smallest absolute Gasteiger partial charge is 0.238 e. The number of amides is 1. The molecule has 0 heterocycles. The maximum atomic E-state index is 12.6. The van der Waals surface area contributed by atoms with Gasteiger partial charge in [-0.25, -0.2) is 0 Å². The van der Waals surface area contributed by atoms with Crippen molar-refractivity contribution in [1.82, 2.24) is 4.90 Å². The van der Waals surface area contributed by atoms with Crippen LogP contribution in [-0.2, 0) is 17.9 Å². The van der Waals surface area contributed by atoms with E-state index in [1.54, 1.807) is 18.2 Å². The largest absolute Gasteiger partial charge is 0.324 e. The van der Waals surface area contributed by atoms with Crippen molar-refractivity contribution in [3.05, 3.63) is 100 Å². The molecule has 0 fully saturated rings. The molecule has 3 aromatic rings. The number of carbonyl (C=O) groups excluding carboxylic acids is 1. The molecule has 0 radical (unpaired) electrons. The van der Waals surface area contributed by atoms with Crippen LogP contribution in [0.1, 0.15) is 11.1 Å². The molecule has 1 N–H and O–H groups in total. The summed E-state index contributed by atoms with van der Waals surface area (Å²) in [6.07, 6.45) is 0. The average Bonchev–Trinajstić information content (AvgIpc) is 2.66. The number of hydrogen-bond acceptors (Lipinski definition) is 2. The van der Waals surface area contributed by atoms with Crippen LogP contribution in [0.3, 0.4) is 0 Å². The van der Waals surface area contributed by atoms with E-state index in [0.717, 1.165) is 11.1 Å². The molecule has 3 rings (SSSR count). The third-order valence-corrected chi connectivity index (χ3v) is 4.63. The number of halogens is 2. The number of hydrogen-bond donors (Lipinski definition) is 1. The van der Waals surface area contributed by atoms with Gasteiger partial charge in [0.25, 0.3) is 0 Å². The van der Waals surface area contributed by atoms with E-state index in [1.807, 2.05) is 36.4 Å². The summed E-state index contributed by atoms with van der Waals surface area (Å²) in [7, 11) is 0. The fourth-order valence-corrected chi connectivity index (χ4v) is 3.17. The minimum absolute atomic E-state index is 0.133. The lowest BCUT2D eigenvalue weighted by molar-refractivity contribution is -0.117. The summed E-state index contributed by atoms with van der Waals surface area (Å²) in [4.78, 5) is 14.7. The average molecular weight is 399 g/mol. The Hall–Kier alpha value is -2.33. The molecule has 0 aliphatic heterocycles. The van der Waals surface area contributed by atoms with E-state index in [2.05, 4.69) is 34.5 Å². The molecular formula is C22H20Cl2N2O. The molecule has 0 unspecified atom stereocenters. The maximum Gasteiger partial charge on any atom is 0.238 e. The van der Waals surface area contributed by atoms with Gasteiger partial charge in [-0.15, -0.1) is 0 Å². The van der Waals surface area contributed by atoms with Gasteiger partial charge in [-0.2, -0.15) is 0 Å². The van der Waals surface area contributed by atoms with Crippen LogP contribution in [0.5, 0.6) is 0 Å². The molecule has 0 saturated heterocycles. The van der Waals surface area contributed by atoms with Gasteiger partial charge in [-0.1, -0.05) is 83.9 Å². The minimum atomic E-state index is -0.133. The van der Waals surface area contributed by atoms with Crippen LogP contribution in [0.15, 0.2) is 78.9 Å². The van der Waals surface area contributed by atoms with Crippen LogP contribution in [-0.4, -0.2) is 17.4 Å². The van der Waals surface area contributed by atoms with E-state index in [-0.39, 0.29) is 12.5 Å². The highest BCUT2D eigenvalue weighted by molar-refractivity contribution is 6.35. The van der Waals surface area contributed by atoms with E-state index >= 15 is 0 Å². The van der Waals surface area contributed by atoms with E-state index in [1.165, 1.54) is 0 Å². The summed E-state index contributed by atoms with van der Waals surface area (Å²) >= 11 is 12.1. The summed E-state index contributed by atoms with van der Waals surface area (Å²) in [5.74, 6) is -0.133. The van der Waals surface area contributed by atoms with Crippen molar-refractivity contribution in [3.8, 4) is 0 Å². The van der Waals surface area contributed by atoms with Crippen molar-refractivity contribution in [1.29, 1.82) is 0 Å². The van der Waals surface area contributed by atoms with Gasteiger partial charge in [0, 0.05) is 18.1 Å². The van der Waals surface area contributed by atoms with E-state index < -0.39 is 0 Å². The van der Waals surface area contributed by atoms with Gasteiger partial charge < -0.3 is 5.32 Å². The minimum Gasteiger partial charge on any atom is -0.324 e. The van der Waals surface area contributed by atoms with Gasteiger partial charge in [0.2, 0.25) is 5.91 Å². The molecule has 0 aromatic heterocycles. The van der Waals surface area contributed by atoms with Crippen LogP contribution in [0.25, 0.3) is 0 Å². The molecule has 0 atom stereocenters. The Bertz CT molecular complexity index is 844. The SMILES string of the molecule is O=C(CN(Cc1ccccc1)Cc1ccccc1)Nc1cc(Cl)ccc1Cl. The highest BCUT2D eigenvalue weighted by atomic mass is 35.5. The lowest BCUT2D eigenvalue weighted by Crippen LogP contribution is -2.32. The Kier molecular flexibility index (Phi) is 6.88. The first-order valence-corrected chi connectivity index (χ1v) is 9.41. The van der Waals surface area contributed by atoms with E-state index in [9.17, 15) is 4.79 Å². The third-order valence-electron chi connectivity index (χ3n) is 4.07. The topological polar surface area (TPSA) is 32.3 Å². The van der Waals surface area contributed by atoms with Crippen LogP contribution in [0.2, 0.25) is 10.0 Å². The van der Waals surface area contributed by atoms with Crippen LogP contribution >= 0.6 is 23.2 Å². The Balaban J connectivity index is 1.71. The Morgan fingerprint density at radius 3 is 1.93 bits per heavy atom. The lowest BCUT2D eigenvalue weighted by Gasteiger charge is -2.22. The molecule has 3 aromatic carbocycles. The van der Waals surface area contributed by atoms with Crippen molar-refractivity contribution >= 4 is 34.8 Å². The van der Waals surface area contributed by atoms with Crippen molar-refractivity contribution in [3.63, 3.8) is 0 Å². The van der Waals surface area contributed by atoms with Gasteiger partial charge in [0.1, 0.15) is 0 Å². The molecule has 0 spiro atoms. The number of benzene rings is 3. The molecule has 138 valence electrons. The highest BCUT2D eigenvalue weighted by Gasteiger charge is 2.14. The van der Waals surface area contributed by atoms with Gasteiger partial charge in [0.15, 0.2) is 0 Å². The first kappa shape index (κ1) is 19.4. The van der Waals surface area contributed by atoms with Crippen molar-refractivity contribution in [2.24, 2.45) is 0 Å². The van der Waals surface area contributed by atoms with Crippen molar-refractivity contribution < 1.29 is 4.79 Å². The van der Waals surface area contributed by atoms with Gasteiger partial charge in [0.05, 0.1) is 17.3 Å². The van der Waals surface area contributed by atoms with Crippen molar-refractivity contribution in [2.75, 3.05) is 11.9 Å². The number of nitrogens with zero attached hydrogens (tertiary/aromatic N) is 1. The maximum absolute atomic E-state index is 12.6. The number of nitrogens with one attached hydrogen (secondary N) is 1. The molecule has 27 heavy (non-hydrogen) atoms. The molecular weight excluding hydrogens is 379 g/mol. The third kappa shape index (κ3) is 6.10. The summed E-state index contributed by atoms with van der Waals surface area (Å²) in [6.45, 7) is 1.59. The Morgan fingerprint density at radius 2 is 1.37 bits per heavy atom. The summed E-state index contributed by atoms with van der Waals surface area (Å²) in [6, 6.07) is 25.2. The van der Waals surface area contributed by atoms with E-state index in [4.69, 9.17) is 23.2 Å². The zero-order valence-corrected chi connectivity index (χ0v) is 16.3. The predicted molar refractivity (Wildman–Crippen MR) is 112 cm³/mol. The van der Waals surface area contributed by atoms with Crippen LogP contribution in [0.4, 0.5) is 5.69 Å². The van der Waals surface area contributed by atoms with Crippen LogP contribution < -0.4 is 5.32 Å². The monoisotopic (exact) mass is 398 g/mol. The zero-order chi connectivity index (χ0) is 19.1. The molecule has 0 bridgehead atoms. The first-order valence-electron chi connectivity index (χ1n) is 8.65. The Morgan fingerprint density at radius 1 is 0.815 bits per heavy atom. The van der Waals surface area contributed by atoms with Gasteiger partial charge >= 0.3 is 0 Å². The fourth-order valence-electron chi connectivity index (χ4n) is 2.84. The lowest BCUT2D eigenvalue weighted by atomic mass is 10.1. The number of carbonyl (C=O) groups is 1. The molecule has 3 nitrogen and oxygen atoms in total. The molecule has 5 heteroatoms. The first-order chi connectivity index (χ1) is 13.1. The Labute approximate surface area is 169 Å². The van der Waals surface area contributed by atoms with Gasteiger partial charge in [-0.3, -0.25) is 9.69 Å². The highest BCUT2D eigenvalue weighted by Crippen LogP contribution is 2.25.